The van der Waals surface area contributed by atoms with E-state index in [1.165, 1.54) is 0 Å². The van der Waals surface area contributed by atoms with E-state index in [1.807, 2.05) is 6.92 Å². The number of rotatable bonds is 5. The highest BCUT2D eigenvalue weighted by Crippen LogP contribution is 2.36. The number of benzene rings is 1. The van der Waals surface area contributed by atoms with Crippen molar-refractivity contribution < 1.29 is 9.53 Å². The van der Waals surface area contributed by atoms with E-state index in [0.29, 0.717) is 40.7 Å². The maximum absolute atomic E-state index is 12.5. The highest BCUT2D eigenvalue weighted by atomic mass is 16.5. The van der Waals surface area contributed by atoms with Crippen LogP contribution in [0.25, 0.3) is 11.2 Å². The van der Waals surface area contributed by atoms with Gasteiger partial charge in [-0.3, -0.25) is 4.79 Å². The third-order valence-corrected chi connectivity index (χ3v) is 4.27. The number of fused-ring (bicyclic) bond motifs is 1. The Morgan fingerprint density at radius 2 is 2.23 bits per heavy atom. The van der Waals surface area contributed by atoms with E-state index in [4.69, 9.17) is 4.74 Å². The average molecular weight is 347 g/mol. The van der Waals surface area contributed by atoms with Crippen molar-refractivity contribution in [2.24, 2.45) is 0 Å². The number of pyridine rings is 1. The highest BCUT2D eigenvalue weighted by molar-refractivity contribution is 6.05. The molecule has 4 rings (SSSR count). The van der Waals surface area contributed by atoms with Crippen molar-refractivity contribution in [3.63, 3.8) is 0 Å². The quantitative estimate of drug-likeness (QED) is 0.764. The van der Waals surface area contributed by atoms with Crippen LogP contribution in [0, 0.1) is 11.3 Å². The van der Waals surface area contributed by atoms with Gasteiger partial charge in [0.25, 0.3) is 5.91 Å². The molecule has 1 saturated carbocycles. The lowest BCUT2D eigenvalue weighted by atomic mass is 10.2. The first-order valence-corrected chi connectivity index (χ1v) is 8.50. The molecule has 1 aromatic carbocycles. The van der Waals surface area contributed by atoms with Crippen LogP contribution in [-0.4, -0.2) is 27.0 Å². The minimum absolute atomic E-state index is 0.298. The number of imidazole rings is 1. The first kappa shape index (κ1) is 16.1. The van der Waals surface area contributed by atoms with Gasteiger partial charge in [-0.25, -0.2) is 9.97 Å². The van der Waals surface area contributed by atoms with Crippen LogP contribution in [0.15, 0.2) is 36.8 Å². The minimum atomic E-state index is -0.298. The number of ether oxygens (including phenoxy) is 1. The summed E-state index contributed by atoms with van der Waals surface area (Å²) in [5.74, 6) is 0.204. The van der Waals surface area contributed by atoms with Crippen LogP contribution in [-0.2, 0) is 0 Å². The van der Waals surface area contributed by atoms with Crippen LogP contribution in [0.5, 0.6) is 5.75 Å². The lowest BCUT2D eigenvalue weighted by Gasteiger charge is -2.09. The Hall–Kier alpha value is -3.40. The van der Waals surface area contributed by atoms with Gasteiger partial charge in [0.2, 0.25) is 0 Å². The highest BCUT2D eigenvalue weighted by Gasteiger charge is 2.25. The van der Waals surface area contributed by atoms with Gasteiger partial charge in [0.1, 0.15) is 17.3 Å². The molecule has 2 heterocycles. The van der Waals surface area contributed by atoms with E-state index in [0.717, 1.165) is 18.5 Å². The molecule has 1 amide bonds. The fourth-order valence-electron chi connectivity index (χ4n) is 2.84. The number of amides is 1. The van der Waals surface area contributed by atoms with Crippen LogP contribution in [0.3, 0.4) is 0 Å². The van der Waals surface area contributed by atoms with Crippen LogP contribution in [0.1, 0.15) is 41.7 Å². The second-order valence-electron chi connectivity index (χ2n) is 6.16. The van der Waals surface area contributed by atoms with Gasteiger partial charge < -0.3 is 14.6 Å². The predicted molar refractivity (Wildman–Crippen MR) is 96.1 cm³/mol. The van der Waals surface area contributed by atoms with Gasteiger partial charge in [-0.05, 0) is 44.0 Å². The minimum Gasteiger partial charge on any atom is -0.492 e. The van der Waals surface area contributed by atoms with E-state index in [1.54, 1.807) is 36.8 Å². The van der Waals surface area contributed by atoms with E-state index < -0.39 is 0 Å². The first-order valence-electron chi connectivity index (χ1n) is 8.50. The summed E-state index contributed by atoms with van der Waals surface area (Å²) in [6.45, 7) is 2.32. The Morgan fingerprint density at radius 3 is 2.96 bits per heavy atom. The Labute approximate surface area is 150 Å². The van der Waals surface area contributed by atoms with Gasteiger partial charge in [-0.1, -0.05) is 0 Å². The Kier molecular flexibility index (Phi) is 4.01. The summed E-state index contributed by atoms with van der Waals surface area (Å²) in [7, 11) is 0. The largest absolute Gasteiger partial charge is 0.492 e. The molecule has 0 atom stereocenters. The maximum Gasteiger partial charge on any atom is 0.257 e. The number of carbonyl (C=O) groups is 1. The zero-order valence-electron chi connectivity index (χ0n) is 14.3. The number of hydrogen-bond donors (Lipinski definition) is 1. The molecule has 1 aliphatic carbocycles. The van der Waals surface area contributed by atoms with Crippen molar-refractivity contribution in [3.8, 4) is 11.8 Å². The molecule has 0 radical (unpaired) electrons. The molecule has 130 valence electrons. The van der Waals surface area contributed by atoms with Crippen molar-refractivity contribution >= 4 is 22.8 Å². The summed E-state index contributed by atoms with van der Waals surface area (Å²) in [5.41, 5.74) is 2.83. The van der Waals surface area contributed by atoms with Gasteiger partial charge in [0, 0.05) is 17.9 Å². The molecule has 3 aromatic rings. The molecule has 1 fully saturated rings. The molecule has 7 heteroatoms. The monoisotopic (exact) mass is 347 g/mol. The predicted octanol–water partition coefficient (Wildman–Crippen LogP) is 3.29. The fourth-order valence-corrected chi connectivity index (χ4v) is 2.84. The maximum atomic E-state index is 12.5. The van der Waals surface area contributed by atoms with Crippen LogP contribution < -0.4 is 10.1 Å². The third-order valence-electron chi connectivity index (χ3n) is 4.27. The van der Waals surface area contributed by atoms with Crippen LogP contribution in [0.4, 0.5) is 5.69 Å². The molecule has 2 aromatic heterocycles. The number of hydrogen-bond acceptors (Lipinski definition) is 5. The van der Waals surface area contributed by atoms with Gasteiger partial charge in [-0.15, -0.1) is 0 Å². The van der Waals surface area contributed by atoms with Crippen molar-refractivity contribution in [3.05, 3.63) is 47.9 Å². The average Bonchev–Trinajstić information content (AvgIpc) is 3.41. The number of nitriles is 1. The Balaban J connectivity index is 1.56. The molecule has 7 nitrogen and oxygen atoms in total. The topological polar surface area (TPSA) is 92.8 Å². The lowest BCUT2D eigenvalue weighted by molar-refractivity contribution is 0.102. The number of carbonyl (C=O) groups excluding carboxylic acids is 1. The van der Waals surface area contributed by atoms with E-state index >= 15 is 0 Å². The van der Waals surface area contributed by atoms with E-state index in [-0.39, 0.29) is 5.91 Å². The number of nitrogens with one attached hydrogen (secondary N) is 1. The lowest BCUT2D eigenvalue weighted by Crippen LogP contribution is -2.12. The first-order chi connectivity index (χ1) is 12.7. The number of nitrogens with zero attached hydrogens (tertiary/aromatic N) is 4. The summed E-state index contributed by atoms with van der Waals surface area (Å²) >= 11 is 0. The summed E-state index contributed by atoms with van der Waals surface area (Å²) in [6.07, 6.45) is 5.63. The van der Waals surface area contributed by atoms with Gasteiger partial charge in [0.05, 0.1) is 24.1 Å². The number of aromatic nitrogens is 3. The molecule has 0 bridgehead atoms. The van der Waals surface area contributed by atoms with Crippen LogP contribution in [0.2, 0.25) is 0 Å². The van der Waals surface area contributed by atoms with E-state index in [2.05, 4.69) is 25.9 Å². The van der Waals surface area contributed by atoms with E-state index in [9.17, 15) is 10.1 Å². The van der Waals surface area contributed by atoms with Crippen molar-refractivity contribution in [1.29, 1.82) is 5.26 Å². The molecular formula is C19H17N5O2. The third kappa shape index (κ3) is 2.97. The molecule has 0 aliphatic heterocycles. The zero-order valence-corrected chi connectivity index (χ0v) is 14.3. The Morgan fingerprint density at radius 1 is 1.38 bits per heavy atom. The molecule has 0 saturated heterocycles. The smallest absolute Gasteiger partial charge is 0.257 e. The zero-order chi connectivity index (χ0) is 18.1. The molecule has 1 N–H and O–H groups in total. The molecular weight excluding hydrogens is 330 g/mol. The summed E-state index contributed by atoms with van der Waals surface area (Å²) < 4.78 is 7.45. The summed E-state index contributed by atoms with van der Waals surface area (Å²) in [5, 5.41) is 12.0. The molecule has 1 aliphatic rings. The summed E-state index contributed by atoms with van der Waals surface area (Å²) in [4.78, 5) is 21.3. The van der Waals surface area contributed by atoms with Gasteiger partial charge >= 0.3 is 0 Å². The van der Waals surface area contributed by atoms with Gasteiger partial charge in [0.15, 0.2) is 5.65 Å². The van der Waals surface area contributed by atoms with Gasteiger partial charge in [-0.2, -0.15) is 5.26 Å². The SMILES string of the molecule is CCOc1ccc(NC(=O)c2cnc3c(c2)ncn3C2CC2)cc1C#N. The van der Waals surface area contributed by atoms with Crippen molar-refractivity contribution in [2.75, 3.05) is 11.9 Å². The van der Waals surface area contributed by atoms with Crippen LogP contribution >= 0.6 is 0 Å². The fraction of sp³-hybridized carbons (Fsp3) is 0.263. The normalized spacial score (nSPS) is 13.4. The molecule has 26 heavy (non-hydrogen) atoms. The second kappa shape index (κ2) is 6.48. The standard InChI is InChI=1S/C19H17N5O2/c1-2-26-17-6-3-14(7-12(17)9-20)23-19(25)13-8-16-18(21-10-13)24(11-22-16)15-4-5-15/h3,6-8,10-11,15H,2,4-5H2,1H3,(H,23,25). The molecule has 0 unspecified atom stereocenters. The molecule has 0 spiro atoms. The summed E-state index contributed by atoms with van der Waals surface area (Å²) in [6, 6.07) is 9.27. The Bertz CT molecular complexity index is 1030. The number of anilines is 1. The van der Waals surface area contributed by atoms with Crippen molar-refractivity contribution in [2.45, 2.75) is 25.8 Å². The second-order valence-corrected chi connectivity index (χ2v) is 6.16. The van der Waals surface area contributed by atoms with Crippen molar-refractivity contribution in [1.82, 2.24) is 14.5 Å².